The van der Waals surface area contributed by atoms with E-state index in [0.717, 1.165) is 18.5 Å². The van der Waals surface area contributed by atoms with Crippen LogP contribution in [0.4, 0.5) is 4.39 Å². The van der Waals surface area contributed by atoms with E-state index in [-0.39, 0.29) is 18.3 Å². The zero-order valence-corrected chi connectivity index (χ0v) is 13.3. The molecule has 1 aromatic rings. The van der Waals surface area contributed by atoms with Crippen LogP contribution in [-0.4, -0.2) is 59.4 Å². The van der Waals surface area contributed by atoms with Gasteiger partial charge in [0, 0.05) is 13.1 Å². The third-order valence-electron chi connectivity index (χ3n) is 4.32. The normalized spacial score (nSPS) is 22.6. The van der Waals surface area contributed by atoms with Crippen LogP contribution in [0.1, 0.15) is 24.8 Å². The largest absolute Gasteiger partial charge is 0.393 e. The summed E-state index contributed by atoms with van der Waals surface area (Å²) < 4.78 is 12.8. The standard InChI is InChI=1S/C17H25FN2O3/c18-15-4-2-14(3-5-15)6-9-19-16(22)12-20-10-1-7-17(23,13-21)8-11-20/h2-5,21,23H,1,6-13H2,(H,19,22)/t17-/m1/s1. The van der Waals surface area contributed by atoms with Gasteiger partial charge < -0.3 is 15.5 Å². The Bertz CT molecular complexity index is 509. The van der Waals surface area contributed by atoms with Crippen LogP contribution in [0.25, 0.3) is 0 Å². The molecule has 0 aromatic heterocycles. The van der Waals surface area contributed by atoms with Gasteiger partial charge in [0.2, 0.25) is 5.91 Å². The van der Waals surface area contributed by atoms with Gasteiger partial charge in [0.15, 0.2) is 0 Å². The van der Waals surface area contributed by atoms with E-state index in [1.807, 2.05) is 4.90 Å². The Morgan fingerprint density at radius 2 is 2.00 bits per heavy atom. The molecule has 1 aliphatic rings. The quantitative estimate of drug-likeness (QED) is 0.720. The lowest BCUT2D eigenvalue weighted by Crippen LogP contribution is -2.39. The molecule has 1 amide bonds. The SMILES string of the molecule is O=C(CN1CCC[C@](O)(CO)CC1)NCCc1ccc(F)cc1. The van der Waals surface area contributed by atoms with Crippen LogP contribution in [-0.2, 0) is 11.2 Å². The van der Waals surface area contributed by atoms with E-state index < -0.39 is 5.60 Å². The molecule has 1 aliphatic heterocycles. The summed E-state index contributed by atoms with van der Waals surface area (Å²) >= 11 is 0. The van der Waals surface area contributed by atoms with Crippen molar-refractivity contribution in [1.29, 1.82) is 0 Å². The van der Waals surface area contributed by atoms with Crippen molar-refractivity contribution >= 4 is 5.91 Å². The summed E-state index contributed by atoms with van der Waals surface area (Å²) in [5, 5.41) is 22.2. The minimum Gasteiger partial charge on any atom is -0.393 e. The number of carbonyl (C=O) groups is 1. The number of rotatable bonds is 6. The van der Waals surface area contributed by atoms with Gasteiger partial charge in [-0.1, -0.05) is 12.1 Å². The number of hydrogen-bond acceptors (Lipinski definition) is 4. The van der Waals surface area contributed by atoms with Gasteiger partial charge >= 0.3 is 0 Å². The molecule has 1 heterocycles. The number of hydrogen-bond donors (Lipinski definition) is 3. The summed E-state index contributed by atoms with van der Waals surface area (Å²) in [6, 6.07) is 6.26. The van der Waals surface area contributed by atoms with E-state index in [1.165, 1.54) is 12.1 Å². The van der Waals surface area contributed by atoms with Gasteiger partial charge in [-0.05, 0) is 49.9 Å². The van der Waals surface area contributed by atoms with E-state index in [4.69, 9.17) is 0 Å². The summed E-state index contributed by atoms with van der Waals surface area (Å²) in [5.74, 6) is -0.316. The second-order valence-corrected chi connectivity index (χ2v) is 6.24. The zero-order valence-electron chi connectivity index (χ0n) is 13.3. The van der Waals surface area contributed by atoms with Crippen LogP contribution < -0.4 is 5.32 Å². The van der Waals surface area contributed by atoms with Crippen molar-refractivity contribution in [2.75, 3.05) is 32.8 Å². The Hall–Kier alpha value is -1.50. The maximum atomic E-state index is 12.8. The van der Waals surface area contributed by atoms with Crippen molar-refractivity contribution < 1.29 is 19.4 Å². The molecular formula is C17H25FN2O3. The molecule has 6 heteroatoms. The Morgan fingerprint density at radius 1 is 1.26 bits per heavy atom. The molecule has 23 heavy (non-hydrogen) atoms. The number of carbonyl (C=O) groups excluding carboxylic acids is 1. The first-order valence-corrected chi connectivity index (χ1v) is 8.07. The van der Waals surface area contributed by atoms with Crippen LogP contribution in [0, 0.1) is 5.82 Å². The van der Waals surface area contributed by atoms with Crippen molar-refractivity contribution in [2.24, 2.45) is 0 Å². The first kappa shape index (κ1) is 17.8. The fraction of sp³-hybridized carbons (Fsp3) is 0.588. The molecule has 5 nitrogen and oxygen atoms in total. The Labute approximate surface area is 136 Å². The van der Waals surface area contributed by atoms with E-state index in [1.54, 1.807) is 12.1 Å². The molecule has 0 bridgehead atoms. The lowest BCUT2D eigenvalue weighted by Gasteiger charge is -2.24. The molecule has 0 radical (unpaired) electrons. The summed E-state index contributed by atoms with van der Waals surface area (Å²) in [6.07, 6.45) is 2.47. The number of benzene rings is 1. The average Bonchev–Trinajstić information content (AvgIpc) is 2.72. The zero-order chi connectivity index (χ0) is 16.7. The highest BCUT2D eigenvalue weighted by Gasteiger charge is 2.29. The van der Waals surface area contributed by atoms with Gasteiger partial charge in [-0.25, -0.2) is 4.39 Å². The third kappa shape index (κ3) is 5.89. The molecule has 1 fully saturated rings. The third-order valence-corrected chi connectivity index (χ3v) is 4.32. The van der Waals surface area contributed by atoms with Crippen LogP contribution in [0.2, 0.25) is 0 Å². The van der Waals surface area contributed by atoms with E-state index in [0.29, 0.717) is 38.9 Å². The fourth-order valence-electron chi connectivity index (χ4n) is 2.81. The topological polar surface area (TPSA) is 72.8 Å². The highest BCUT2D eigenvalue weighted by molar-refractivity contribution is 5.78. The van der Waals surface area contributed by atoms with Crippen molar-refractivity contribution in [3.05, 3.63) is 35.6 Å². The maximum absolute atomic E-state index is 12.8. The van der Waals surface area contributed by atoms with Crippen LogP contribution in [0.15, 0.2) is 24.3 Å². The minimum atomic E-state index is -1.01. The van der Waals surface area contributed by atoms with E-state index in [2.05, 4.69) is 5.32 Å². The monoisotopic (exact) mass is 324 g/mol. The van der Waals surface area contributed by atoms with Crippen LogP contribution in [0.3, 0.4) is 0 Å². The summed E-state index contributed by atoms with van der Waals surface area (Å²) in [6.45, 7) is 1.92. The summed E-state index contributed by atoms with van der Waals surface area (Å²) in [7, 11) is 0. The maximum Gasteiger partial charge on any atom is 0.234 e. The van der Waals surface area contributed by atoms with Crippen molar-refractivity contribution in [1.82, 2.24) is 10.2 Å². The number of halogens is 1. The Morgan fingerprint density at radius 3 is 2.70 bits per heavy atom. The van der Waals surface area contributed by atoms with Gasteiger partial charge in [-0.2, -0.15) is 0 Å². The first-order valence-electron chi connectivity index (χ1n) is 8.07. The van der Waals surface area contributed by atoms with Crippen molar-refractivity contribution in [2.45, 2.75) is 31.3 Å². The van der Waals surface area contributed by atoms with E-state index >= 15 is 0 Å². The number of aliphatic hydroxyl groups is 2. The molecule has 1 saturated heterocycles. The molecule has 1 atom stereocenters. The van der Waals surface area contributed by atoms with Gasteiger partial charge in [0.05, 0.1) is 18.8 Å². The molecule has 0 unspecified atom stereocenters. The molecule has 128 valence electrons. The number of aliphatic hydroxyl groups excluding tert-OH is 1. The second-order valence-electron chi connectivity index (χ2n) is 6.24. The van der Waals surface area contributed by atoms with Crippen LogP contribution >= 0.6 is 0 Å². The van der Waals surface area contributed by atoms with Crippen molar-refractivity contribution in [3.63, 3.8) is 0 Å². The lowest BCUT2D eigenvalue weighted by molar-refractivity contribution is -0.122. The first-order chi connectivity index (χ1) is 11.0. The molecule has 3 N–H and O–H groups in total. The van der Waals surface area contributed by atoms with Gasteiger partial charge in [0.25, 0.3) is 0 Å². The molecule has 0 aliphatic carbocycles. The molecule has 0 saturated carbocycles. The number of amides is 1. The molecular weight excluding hydrogens is 299 g/mol. The Kier molecular flexibility index (Phi) is 6.50. The fourth-order valence-corrected chi connectivity index (χ4v) is 2.81. The summed E-state index contributed by atoms with van der Waals surface area (Å²) in [4.78, 5) is 14.0. The predicted octanol–water partition coefficient (Wildman–Crippen LogP) is 0.694. The van der Waals surface area contributed by atoms with Gasteiger partial charge in [-0.15, -0.1) is 0 Å². The summed E-state index contributed by atoms with van der Waals surface area (Å²) in [5.41, 5.74) is -0.0251. The average molecular weight is 324 g/mol. The molecule has 2 rings (SSSR count). The predicted molar refractivity (Wildman–Crippen MR) is 85.4 cm³/mol. The molecule has 0 spiro atoms. The number of likely N-dealkylation sites (tertiary alicyclic amines) is 1. The second kappa shape index (κ2) is 8.38. The smallest absolute Gasteiger partial charge is 0.234 e. The molecule has 1 aromatic carbocycles. The minimum absolute atomic E-state index is 0.0541. The van der Waals surface area contributed by atoms with Gasteiger partial charge in [-0.3, -0.25) is 9.69 Å². The number of nitrogens with zero attached hydrogens (tertiary/aromatic N) is 1. The number of nitrogens with one attached hydrogen (secondary N) is 1. The van der Waals surface area contributed by atoms with Crippen molar-refractivity contribution in [3.8, 4) is 0 Å². The highest BCUT2D eigenvalue weighted by atomic mass is 19.1. The Balaban J connectivity index is 1.69. The van der Waals surface area contributed by atoms with Gasteiger partial charge in [0.1, 0.15) is 5.82 Å². The van der Waals surface area contributed by atoms with E-state index in [9.17, 15) is 19.4 Å². The lowest BCUT2D eigenvalue weighted by atomic mass is 9.96. The van der Waals surface area contributed by atoms with Crippen LogP contribution in [0.5, 0.6) is 0 Å². The highest BCUT2D eigenvalue weighted by Crippen LogP contribution is 2.21.